The van der Waals surface area contributed by atoms with Crippen LogP contribution in [-0.4, -0.2) is 48.3 Å². The van der Waals surface area contributed by atoms with Crippen LogP contribution in [0.4, 0.5) is 0 Å². The van der Waals surface area contributed by atoms with Crippen LogP contribution in [0.2, 0.25) is 0 Å². The topological polar surface area (TPSA) is 49.8 Å². The van der Waals surface area contributed by atoms with Crippen molar-refractivity contribution in [1.29, 1.82) is 0 Å². The Kier molecular flexibility index (Phi) is 5.83. The lowest BCUT2D eigenvalue weighted by atomic mass is 10.0. The summed E-state index contributed by atoms with van der Waals surface area (Å²) in [6.45, 7) is 8.57. The molecule has 0 aliphatic carbocycles. The average molecular weight is 217 g/mol. The van der Waals surface area contributed by atoms with E-state index in [-0.39, 0.29) is 24.0 Å². The molecule has 4 heteroatoms. The van der Waals surface area contributed by atoms with Crippen molar-refractivity contribution >= 4 is 5.97 Å². The zero-order valence-electron chi connectivity index (χ0n) is 10.4. The second-order valence-corrected chi connectivity index (χ2v) is 4.50. The molecule has 0 aromatic carbocycles. The fraction of sp³-hybridized carbons (Fsp3) is 0.909. The van der Waals surface area contributed by atoms with Gasteiger partial charge in [0.05, 0.1) is 19.1 Å². The van der Waals surface area contributed by atoms with Gasteiger partial charge >= 0.3 is 5.97 Å². The Morgan fingerprint density at radius 2 is 2.07 bits per heavy atom. The zero-order chi connectivity index (χ0) is 12.1. The standard InChI is InChI=1S/C11H23NO3/c1-6-15-10(14)9(2)7-12(5)11(3,4)8-13/h9,13H,6-8H2,1-5H3. The van der Waals surface area contributed by atoms with Gasteiger partial charge in [-0.15, -0.1) is 0 Å². The number of esters is 1. The van der Waals surface area contributed by atoms with Gasteiger partial charge in [0, 0.05) is 12.1 Å². The first-order valence-electron chi connectivity index (χ1n) is 5.34. The number of nitrogens with zero attached hydrogens (tertiary/aromatic N) is 1. The molecule has 0 radical (unpaired) electrons. The molecule has 0 fully saturated rings. The Morgan fingerprint density at radius 3 is 2.47 bits per heavy atom. The van der Waals surface area contributed by atoms with Gasteiger partial charge in [-0.3, -0.25) is 9.69 Å². The summed E-state index contributed by atoms with van der Waals surface area (Å²) >= 11 is 0. The number of aliphatic hydroxyl groups excluding tert-OH is 1. The van der Waals surface area contributed by atoms with E-state index in [1.165, 1.54) is 0 Å². The summed E-state index contributed by atoms with van der Waals surface area (Å²) in [5.74, 6) is -0.348. The number of rotatable bonds is 6. The van der Waals surface area contributed by atoms with Crippen LogP contribution in [0.5, 0.6) is 0 Å². The van der Waals surface area contributed by atoms with E-state index in [9.17, 15) is 4.79 Å². The Bertz CT molecular complexity index is 204. The van der Waals surface area contributed by atoms with Gasteiger partial charge in [-0.1, -0.05) is 6.92 Å². The van der Waals surface area contributed by atoms with Crippen LogP contribution in [0, 0.1) is 5.92 Å². The van der Waals surface area contributed by atoms with E-state index in [0.717, 1.165) is 0 Å². The van der Waals surface area contributed by atoms with E-state index in [1.54, 1.807) is 6.92 Å². The zero-order valence-corrected chi connectivity index (χ0v) is 10.4. The second kappa shape index (κ2) is 6.08. The van der Waals surface area contributed by atoms with E-state index in [4.69, 9.17) is 9.84 Å². The quantitative estimate of drug-likeness (QED) is 0.671. The van der Waals surface area contributed by atoms with Crippen LogP contribution in [-0.2, 0) is 9.53 Å². The number of hydrogen-bond donors (Lipinski definition) is 1. The van der Waals surface area contributed by atoms with Gasteiger partial charge in [0.15, 0.2) is 0 Å². The maximum absolute atomic E-state index is 11.4. The summed E-state index contributed by atoms with van der Waals surface area (Å²) < 4.78 is 4.92. The second-order valence-electron chi connectivity index (χ2n) is 4.50. The van der Waals surface area contributed by atoms with Crippen LogP contribution in [0.15, 0.2) is 0 Å². The smallest absolute Gasteiger partial charge is 0.309 e. The van der Waals surface area contributed by atoms with Crippen molar-refractivity contribution in [3.05, 3.63) is 0 Å². The Morgan fingerprint density at radius 1 is 1.53 bits per heavy atom. The molecule has 0 aliphatic heterocycles. The van der Waals surface area contributed by atoms with Gasteiger partial charge < -0.3 is 9.84 Å². The van der Waals surface area contributed by atoms with Crippen LogP contribution < -0.4 is 0 Å². The van der Waals surface area contributed by atoms with E-state index in [1.807, 2.05) is 32.7 Å². The van der Waals surface area contributed by atoms with Crippen LogP contribution in [0.1, 0.15) is 27.7 Å². The molecule has 0 saturated carbocycles. The summed E-state index contributed by atoms with van der Waals surface area (Å²) in [7, 11) is 1.89. The number of ether oxygens (including phenoxy) is 1. The number of likely N-dealkylation sites (N-methyl/N-ethyl adjacent to an activating group) is 1. The van der Waals surface area contributed by atoms with Crippen molar-refractivity contribution in [3.8, 4) is 0 Å². The van der Waals surface area contributed by atoms with Crippen molar-refractivity contribution in [2.24, 2.45) is 5.92 Å². The SMILES string of the molecule is CCOC(=O)C(C)CN(C)C(C)(C)CO. The highest BCUT2D eigenvalue weighted by molar-refractivity contribution is 5.72. The lowest BCUT2D eigenvalue weighted by molar-refractivity contribution is -0.148. The molecule has 90 valence electrons. The predicted molar refractivity (Wildman–Crippen MR) is 59.6 cm³/mol. The van der Waals surface area contributed by atoms with E-state index in [0.29, 0.717) is 13.2 Å². The van der Waals surface area contributed by atoms with Gasteiger partial charge in [-0.25, -0.2) is 0 Å². The summed E-state index contributed by atoms with van der Waals surface area (Å²) in [5.41, 5.74) is -0.305. The molecule has 0 rings (SSSR count). The fourth-order valence-corrected chi connectivity index (χ4v) is 1.14. The minimum atomic E-state index is -0.305. The van der Waals surface area contributed by atoms with Crippen molar-refractivity contribution in [2.75, 3.05) is 26.8 Å². The average Bonchev–Trinajstić information content (AvgIpc) is 2.17. The minimum absolute atomic E-state index is 0.0685. The molecule has 0 bridgehead atoms. The first-order valence-corrected chi connectivity index (χ1v) is 5.34. The van der Waals surface area contributed by atoms with Crippen LogP contribution in [0.25, 0.3) is 0 Å². The molecule has 4 nitrogen and oxygen atoms in total. The highest BCUT2D eigenvalue weighted by atomic mass is 16.5. The molecule has 1 N–H and O–H groups in total. The highest BCUT2D eigenvalue weighted by Gasteiger charge is 2.26. The van der Waals surface area contributed by atoms with Crippen molar-refractivity contribution in [2.45, 2.75) is 33.2 Å². The largest absolute Gasteiger partial charge is 0.466 e. The molecule has 0 spiro atoms. The maximum Gasteiger partial charge on any atom is 0.309 e. The van der Waals surface area contributed by atoms with Gasteiger partial charge in [-0.2, -0.15) is 0 Å². The summed E-state index contributed by atoms with van der Waals surface area (Å²) in [4.78, 5) is 13.3. The predicted octanol–water partition coefficient (Wildman–Crippen LogP) is 0.888. The number of carbonyl (C=O) groups is 1. The normalized spacial score (nSPS) is 14.1. The molecule has 0 amide bonds. The van der Waals surface area contributed by atoms with Crippen molar-refractivity contribution < 1.29 is 14.6 Å². The molecule has 1 unspecified atom stereocenters. The number of carbonyl (C=O) groups excluding carboxylic acids is 1. The first kappa shape index (κ1) is 14.4. The summed E-state index contributed by atoms with van der Waals surface area (Å²) in [6.07, 6.45) is 0. The van der Waals surface area contributed by atoms with Crippen molar-refractivity contribution in [3.63, 3.8) is 0 Å². The molecule has 1 atom stereocenters. The maximum atomic E-state index is 11.4. The van der Waals surface area contributed by atoms with Gasteiger partial charge in [0.2, 0.25) is 0 Å². The lowest BCUT2D eigenvalue weighted by Gasteiger charge is -2.35. The van der Waals surface area contributed by atoms with Gasteiger partial charge in [-0.05, 0) is 27.8 Å². The molecule has 0 heterocycles. The van der Waals surface area contributed by atoms with Gasteiger partial charge in [0.1, 0.15) is 0 Å². The number of hydrogen-bond acceptors (Lipinski definition) is 4. The molecule has 0 aromatic rings. The fourth-order valence-electron chi connectivity index (χ4n) is 1.14. The minimum Gasteiger partial charge on any atom is -0.466 e. The third-order valence-electron chi connectivity index (χ3n) is 2.66. The van der Waals surface area contributed by atoms with E-state index in [2.05, 4.69) is 0 Å². The van der Waals surface area contributed by atoms with E-state index < -0.39 is 0 Å². The third kappa shape index (κ3) is 4.62. The Hall–Kier alpha value is -0.610. The van der Waals surface area contributed by atoms with E-state index >= 15 is 0 Å². The molecular formula is C11H23NO3. The Balaban J connectivity index is 4.17. The third-order valence-corrected chi connectivity index (χ3v) is 2.66. The Labute approximate surface area is 92.2 Å². The van der Waals surface area contributed by atoms with Crippen molar-refractivity contribution in [1.82, 2.24) is 4.90 Å². The highest BCUT2D eigenvalue weighted by Crippen LogP contribution is 2.13. The monoisotopic (exact) mass is 217 g/mol. The van der Waals surface area contributed by atoms with Crippen LogP contribution >= 0.6 is 0 Å². The molecule has 0 aromatic heterocycles. The van der Waals surface area contributed by atoms with Gasteiger partial charge in [0.25, 0.3) is 0 Å². The lowest BCUT2D eigenvalue weighted by Crippen LogP contribution is -2.47. The first-order chi connectivity index (χ1) is 6.85. The van der Waals surface area contributed by atoms with Crippen LogP contribution in [0.3, 0.4) is 0 Å². The molecular weight excluding hydrogens is 194 g/mol. The summed E-state index contributed by atoms with van der Waals surface area (Å²) in [5, 5.41) is 9.16. The molecule has 0 aliphatic rings. The summed E-state index contributed by atoms with van der Waals surface area (Å²) in [6, 6.07) is 0. The molecule has 15 heavy (non-hydrogen) atoms. The number of aliphatic hydroxyl groups is 1. The molecule has 0 saturated heterocycles.